The molecule has 126 valence electrons. The quantitative estimate of drug-likeness (QED) is 0.903. The van der Waals surface area contributed by atoms with Crippen LogP contribution < -0.4 is 5.32 Å². The molecule has 3 rings (SSSR count). The molecule has 1 aliphatic heterocycles. The molecule has 0 saturated carbocycles. The van der Waals surface area contributed by atoms with Crippen molar-refractivity contribution in [3.05, 3.63) is 59.2 Å². The van der Waals surface area contributed by atoms with E-state index in [1.807, 2.05) is 38.1 Å². The van der Waals surface area contributed by atoms with Crippen LogP contribution in [0, 0.1) is 13.8 Å². The number of nitrogens with zero attached hydrogens (tertiary/aromatic N) is 3. The van der Waals surface area contributed by atoms with Crippen LogP contribution in [-0.4, -0.2) is 39.1 Å². The van der Waals surface area contributed by atoms with Crippen LogP contribution in [0.25, 0.3) is 0 Å². The highest BCUT2D eigenvalue weighted by molar-refractivity contribution is 5.74. The topological polar surface area (TPSA) is 78.4 Å². The van der Waals surface area contributed by atoms with Gasteiger partial charge < -0.3 is 15.3 Å². The van der Waals surface area contributed by atoms with E-state index in [2.05, 4.69) is 15.3 Å². The number of carbonyl (C=O) groups excluding carboxylic acids is 1. The Bertz CT molecular complexity index is 732. The third kappa shape index (κ3) is 3.38. The van der Waals surface area contributed by atoms with Gasteiger partial charge in [-0.15, -0.1) is 0 Å². The van der Waals surface area contributed by atoms with Crippen molar-refractivity contribution >= 4 is 6.03 Å². The van der Waals surface area contributed by atoms with E-state index >= 15 is 0 Å². The van der Waals surface area contributed by atoms with Gasteiger partial charge in [0.2, 0.25) is 0 Å². The number of benzene rings is 1. The van der Waals surface area contributed by atoms with Gasteiger partial charge in [0.1, 0.15) is 5.60 Å². The van der Waals surface area contributed by atoms with Crippen molar-refractivity contribution in [3.8, 4) is 0 Å². The van der Waals surface area contributed by atoms with E-state index in [1.54, 1.807) is 17.3 Å². The molecule has 1 saturated heterocycles. The van der Waals surface area contributed by atoms with Gasteiger partial charge in [0.05, 0.1) is 30.7 Å². The smallest absolute Gasteiger partial charge is 0.317 e. The Morgan fingerprint density at radius 2 is 2.08 bits per heavy atom. The van der Waals surface area contributed by atoms with E-state index in [1.165, 1.54) is 0 Å². The number of carbonyl (C=O) groups is 1. The molecule has 1 aromatic heterocycles. The molecule has 1 fully saturated rings. The Hall–Kier alpha value is -2.47. The number of aromatic nitrogens is 2. The first-order chi connectivity index (χ1) is 11.5. The molecular formula is C18H22N4O2. The van der Waals surface area contributed by atoms with Crippen LogP contribution in [0.4, 0.5) is 4.79 Å². The van der Waals surface area contributed by atoms with Crippen molar-refractivity contribution < 1.29 is 9.90 Å². The number of amides is 2. The lowest BCUT2D eigenvalue weighted by Crippen LogP contribution is -2.40. The summed E-state index contributed by atoms with van der Waals surface area (Å²) >= 11 is 0. The number of β-amino-alcohol motifs (C(OH)–C–C–N with tert-alkyl or cyclic N) is 1. The van der Waals surface area contributed by atoms with Gasteiger partial charge in [0, 0.05) is 12.7 Å². The zero-order valence-corrected chi connectivity index (χ0v) is 14.0. The molecule has 0 bridgehead atoms. The normalized spacial score (nSPS) is 20.2. The van der Waals surface area contributed by atoms with Crippen molar-refractivity contribution in [2.45, 2.75) is 32.4 Å². The van der Waals surface area contributed by atoms with Crippen LogP contribution in [0.2, 0.25) is 0 Å². The molecule has 0 aliphatic carbocycles. The summed E-state index contributed by atoms with van der Waals surface area (Å²) in [4.78, 5) is 22.4. The second-order valence-corrected chi connectivity index (χ2v) is 6.33. The summed E-state index contributed by atoms with van der Waals surface area (Å²) in [6.45, 7) is 4.99. The predicted molar refractivity (Wildman–Crippen MR) is 90.3 cm³/mol. The van der Waals surface area contributed by atoms with Gasteiger partial charge in [0.15, 0.2) is 0 Å². The summed E-state index contributed by atoms with van der Waals surface area (Å²) in [5.41, 5.74) is 2.50. The van der Waals surface area contributed by atoms with E-state index in [0.29, 0.717) is 31.7 Å². The molecule has 1 aliphatic rings. The van der Waals surface area contributed by atoms with Crippen LogP contribution in [0.15, 0.2) is 36.7 Å². The monoisotopic (exact) mass is 326 g/mol. The summed E-state index contributed by atoms with van der Waals surface area (Å²) in [5.74, 6) is 0. The van der Waals surface area contributed by atoms with Gasteiger partial charge in [-0.25, -0.2) is 4.79 Å². The molecule has 0 unspecified atom stereocenters. The lowest BCUT2D eigenvalue weighted by molar-refractivity contribution is 0.0487. The van der Waals surface area contributed by atoms with Crippen LogP contribution in [0.3, 0.4) is 0 Å². The fraction of sp³-hybridized carbons (Fsp3) is 0.389. The molecule has 2 N–H and O–H groups in total. The van der Waals surface area contributed by atoms with Crippen LogP contribution >= 0.6 is 0 Å². The lowest BCUT2D eigenvalue weighted by atomic mass is 9.89. The zero-order chi connectivity index (χ0) is 17.2. The molecular weight excluding hydrogens is 304 g/mol. The van der Waals surface area contributed by atoms with Gasteiger partial charge in [-0.05, 0) is 31.4 Å². The summed E-state index contributed by atoms with van der Waals surface area (Å²) < 4.78 is 0. The zero-order valence-electron chi connectivity index (χ0n) is 14.0. The summed E-state index contributed by atoms with van der Waals surface area (Å²) in [7, 11) is 0. The minimum Gasteiger partial charge on any atom is -0.383 e. The fourth-order valence-electron chi connectivity index (χ4n) is 3.07. The molecule has 2 heterocycles. The minimum absolute atomic E-state index is 0.193. The third-order valence-electron chi connectivity index (χ3n) is 4.44. The Morgan fingerprint density at radius 1 is 1.29 bits per heavy atom. The molecule has 2 aromatic rings. The summed E-state index contributed by atoms with van der Waals surface area (Å²) in [6.07, 6.45) is 3.87. The molecule has 24 heavy (non-hydrogen) atoms. The largest absolute Gasteiger partial charge is 0.383 e. The van der Waals surface area contributed by atoms with E-state index in [4.69, 9.17) is 0 Å². The lowest BCUT2D eigenvalue weighted by Gasteiger charge is -2.25. The van der Waals surface area contributed by atoms with Crippen molar-refractivity contribution in [2.75, 3.05) is 13.1 Å². The average molecular weight is 326 g/mol. The number of nitrogens with one attached hydrogen (secondary N) is 1. The first-order valence-corrected chi connectivity index (χ1v) is 8.07. The summed E-state index contributed by atoms with van der Waals surface area (Å²) in [5, 5.41) is 13.8. The second-order valence-electron chi connectivity index (χ2n) is 6.33. The third-order valence-corrected chi connectivity index (χ3v) is 4.44. The standard InChI is InChI=1S/C18H22N4O2/c1-13-5-3-4-6-16(13)18(24)7-8-22(12-18)17(23)21-11-15-10-19-14(2)9-20-15/h3-6,9-10,24H,7-8,11-12H2,1-2H3,(H,21,23)/t18-/m0/s1. The van der Waals surface area contributed by atoms with Gasteiger partial charge in [-0.1, -0.05) is 24.3 Å². The fourth-order valence-corrected chi connectivity index (χ4v) is 3.07. The number of hydrogen-bond donors (Lipinski definition) is 2. The van der Waals surface area contributed by atoms with E-state index in [0.717, 1.165) is 16.8 Å². The molecule has 1 aromatic carbocycles. The van der Waals surface area contributed by atoms with Gasteiger partial charge in [0.25, 0.3) is 0 Å². The van der Waals surface area contributed by atoms with Crippen LogP contribution in [0.5, 0.6) is 0 Å². The number of rotatable bonds is 3. The van der Waals surface area contributed by atoms with E-state index in [-0.39, 0.29) is 6.03 Å². The maximum Gasteiger partial charge on any atom is 0.317 e. The average Bonchev–Trinajstić information content (AvgIpc) is 2.98. The van der Waals surface area contributed by atoms with Gasteiger partial charge in [-0.2, -0.15) is 0 Å². The summed E-state index contributed by atoms with van der Waals surface area (Å²) in [6, 6.07) is 7.58. The molecule has 2 amide bonds. The minimum atomic E-state index is -0.980. The molecule has 1 atom stereocenters. The number of likely N-dealkylation sites (tertiary alicyclic amines) is 1. The highest BCUT2D eigenvalue weighted by Gasteiger charge is 2.40. The Balaban J connectivity index is 1.61. The Kier molecular flexibility index (Phi) is 4.49. The van der Waals surface area contributed by atoms with Gasteiger partial charge >= 0.3 is 6.03 Å². The van der Waals surface area contributed by atoms with Crippen molar-refractivity contribution in [2.24, 2.45) is 0 Å². The second kappa shape index (κ2) is 6.57. The molecule has 0 radical (unpaired) electrons. The first-order valence-electron chi connectivity index (χ1n) is 8.07. The number of aryl methyl sites for hydroxylation is 2. The van der Waals surface area contributed by atoms with E-state index in [9.17, 15) is 9.90 Å². The maximum atomic E-state index is 12.3. The van der Waals surface area contributed by atoms with Crippen molar-refractivity contribution in [1.29, 1.82) is 0 Å². The molecule has 6 heteroatoms. The molecule has 6 nitrogen and oxygen atoms in total. The van der Waals surface area contributed by atoms with Crippen molar-refractivity contribution in [1.82, 2.24) is 20.2 Å². The Morgan fingerprint density at radius 3 is 2.79 bits per heavy atom. The predicted octanol–water partition coefficient (Wildman–Crippen LogP) is 1.90. The Labute approximate surface area is 141 Å². The van der Waals surface area contributed by atoms with E-state index < -0.39 is 5.60 Å². The van der Waals surface area contributed by atoms with Gasteiger partial charge in [-0.3, -0.25) is 9.97 Å². The number of urea groups is 1. The molecule has 0 spiro atoms. The highest BCUT2D eigenvalue weighted by atomic mass is 16.3. The highest BCUT2D eigenvalue weighted by Crippen LogP contribution is 2.33. The first kappa shape index (κ1) is 16.4. The van der Waals surface area contributed by atoms with Crippen LogP contribution in [-0.2, 0) is 12.1 Å². The van der Waals surface area contributed by atoms with Crippen molar-refractivity contribution in [3.63, 3.8) is 0 Å². The maximum absolute atomic E-state index is 12.3. The van der Waals surface area contributed by atoms with Crippen LogP contribution in [0.1, 0.15) is 28.9 Å². The number of aliphatic hydroxyl groups is 1. The number of hydrogen-bond acceptors (Lipinski definition) is 4. The SMILES string of the molecule is Cc1cnc(CNC(=O)N2CC[C@@](O)(c3ccccc3C)C2)cn1.